The van der Waals surface area contributed by atoms with Crippen LogP contribution in [0.4, 0.5) is 11.4 Å². The maximum absolute atomic E-state index is 14.2. The Morgan fingerprint density at radius 2 is 0.684 bits per heavy atom. The summed E-state index contributed by atoms with van der Waals surface area (Å²) in [4.78, 5) is 194. The van der Waals surface area contributed by atoms with E-state index in [1.165, 1.54) is 0 Å². The van der Waals surface area contributed by atoms with E-state index in [0.29, 0.717) is 68.9 Å². The third kappa shape index (κ3) is 18.1. The normalized spacial score (nSPS) is 13.0. The van der Waals surface area contributed by atoms with Crippen molar-refractivity contribution in [3.63, 3.8) is 0 Å². The fraction of sp³-hybridized carbons (Fsp3) is 0.303. The molecule has 0 saturated carbocycles. The molecular formula is C66H68N10O22. The Labute approximate surface area is 554 Å². The van der Waals surface area contributed by atoms with Crippen molar-refractivity contribution in [3.8, 4) is 0 Å². The molecular weight excluding hydrogens is 1280 g/mol. The van der Waals surface area contributed by atoms with Crippen LogP contribution >= 0.6 is 0 Å². The largest absolute Gasteiger partial charge is 0.481 e. The molecule has 98 heavy (non-hydrogen) atoms. The summed E-state index contributed by atoms with van der Waals surface area (Å²) >= 11 is 0. The van der Waals surface area contributed by atoms with Crippen molar-refractivity contribution in [1.29, 1.82) is 0 Å². The van der Waals surface area contributed by atoms with Gasteiger partial charge in [-0.3, -0.25) is 47.9 Å². The molecule has 514 valence electrons. The maximum Gasteiger partial charge on any atom is 0.326 e. The third-order valence-electron chi connectivity index (χ3n) is 16.1. The molecule has 32 heteroatoms. The lowest BCUT2D eigenvalue weighted by Crippen LogP contribution is -2.43. The molecule has 0 aliphatic carbocycles. The maximum atomic E-state index is 14.2. The van der Waals surface area contributed by atoms with E-state index in [9.17, 15) is 108 Å². The zero-order chi connectivity index (χ0) is 72.3. The predicted molar refractivity (Wildman–Crippen MR) is 347 cm³/mol. The van der Waals surface area contributed by atoms with Gasteiger partial charge in [-0.25, -0.2) is 29.1 Å². The summed E-state index contributed by atoms with van der Waals surface area (Å²) in [6.07, 6.45) is -3.85. The summed E-state index contributed by atoms with van der Waals surface area (Å²) in [6, 6.07) is 5.38. The van der Waals surface area contributed by atoms with Crippen LogP contribution in [0.3, 0.4) is 0 Å². The Morgan fingerprint density at radius 3 is 1.03 bits per heavy atom. The first kappa shape index (κ1) is 73.0. The number of nitrogens with zero attached hydrogens (tertiary/aromatic N) is 2. The second-order valence-electron chi connectivity index (χ2n) is 22.9. The minimum Gasteiger partial charge on any atom is -0.481 e. The Morgan fingerprint density at radius 1 is 0.378 bits per heavy atom. The number of hydrogen-bond donors (Lipinski definition) is 16. The molecule has 0 radical (unpaired) electrons. The van der Waals surface area contributed by atoms with Crippen LogP contribution < -0.4 is 31.9 Å². The minimum atomic E-state index is -1.98. The van der Waals surface area contributed by atoms with Crippen LogP contribution in [-0.2, 0) is 60.8 Å². The fourth-order valence-corrected chi connectivity index (χ4v) is 11.1. The van der Waals surface area contributed by atoms with E-state index in [4.69, 9.17) is 9.97 Å². The van der Waals surface area contributed by atoms with Gasteiger partial charge in [-0.1, -0.05) is 13.8 Å². The van der Waals surface area contributed by atoms with Crippen molar-refractivity contribution < 1.29 is 108 Å². The number of hydrogen-bond acceptors (Lipinski definition) is 16. The lowest BCUT2D eigenvalue weighted by atomic mass is 9.99. The third-order valence-corrected chi connectivity index (χ3v) is 16.1. The highest BCUT2D eigenvalue weighted by molar-refractivity contribution is 6.07. The number of aryl methyl sites for hydroxylation is 4. The van der Waals surface area contributed by atoms with Gasteiger partial charge in [0.2, 0.25) is 11.8 Å². The number of benzene rings is 2. The Balaban J connectivity index is 1.31. The molecule has 0 fully saturated rings. The first-order valence-corrected chi connectivity index (χ1v) is 30.2. The van der Waals surface area contributed by atoms with E-state index in [2.05, 4.69) is 20.6 Å². The Bertz CT molecular complexity index is 4330. The van der Waals surface area contributed by atoms with Gasteiger partial charge < -0.3 is 82.7 Å². The Kier molecular flexibility index (Phi) is 23.3. The molecule has 2 aliphatic rings. The van der Waals surface area contributed by atoms with Crippen molar-refractivity contribution in [2.75, 3.05) is 10.6 Å². The lowest BCUT2D eigenvalue weighted by Gasteiger charge is -2.16. The SMILES string of the molecule is CCC1=C(C)c2cc3[nH]c(cc4nc(cc5[nH]c(cc1n2)c(C)c5CC)C(C)=C4CCC(=O)Nc1cc(C(=O)NC(CC(=O)O)C(=O)O)cc(C(=O)NC(CC(=O)O)C(=O)O)c1)c(CCC(=O)Nc1cc(C(=O)NC(CC(=O)O)C(=O)O)cc(C(=O)NC(CC(=O)O)C(=O)O)c1)c3C. The number of amides is 6. The van der Waals surface area contributed by atoms with E-state index in [1.807, 2.05) is 67.2 Å². The molecule has 7 rings (SSSR count). The van der Waals surface area contributed by atoms with Gasteiger partial charge in [-0.15, -0.1) is 0 Å². The number of carbonyl (C=O) groups is 14. The topological polar surface area (TPSA) is 530 Å². The van der Waals surface area contributed by atoms with Gasteiger partial charge in [0.25, 0.3) is 23.6 Å². The summed E-state index contributed by atoms with van der Waals surface area (Å²) in [5, 5.41) is 89.2. The number of carboxylic acids is 8. The molecule has 4 atom stereocenters. The second kappa shape index (κ2) is 31.2. The standard InChI is InChI=1S/C66H68N10O22/c1-7-37-27(3)41-19-42-29(5)39(9-11-53(77)67-35-15-31(59(87)73-49(63(91)92)23-55(79)80)13-32(16-35)60(88)74-50(64(93)94)24-56(81)82)47(71-42)22-48-40(30(6)44(72-48)21-46-38(8-2)28(4)43(70-46)20-45(37)69-41)10-12-54(78)68-36-17-33(61(89)75-51(65(95)96)25-57(83)84)14-34(18-36)62(90)76-52(66(97)98)26-58(85)86/h13-22,49-52,70-71H,7-12,23-26H2,1-6H3,(H,67,77)(H,68,78)(H,73,87)(H,74,88)(H,75,89)(H,76,90)(H,79,80)(H,81,82)(H,83,84)(H,85,86)(H,91,92)(H,93,94)(H,95,96)(H,97,98). The van der Waals surface area contributed by atoms with E-state index in [1.54, 1.807) is 19.9 Å². The summed E-state index contributed by atoms with van der Waals surface area (Å²) in [5.41, 5.74) is 8.22. The molecule has 4 unspecified atom stereocenters. The van der Waals surface area contributed by atoms with Crippen LogP contribution in [0.25, 0.3) is 44.4 Å². The van der Waals surface area contributed by atoms with E-state index >= 15 is 0 Å². The average molecular weight is 1350 g/mol. The average Bonchev–Trinajstić information content (AvgIpc) is 1.62. The highest BCUT2D eigenvalue weighted by Crippen LogP contribution is 2.37. The molecule has 6 amide bonds. The van der Waals surface area contributed by atoms with Crippen LogP contribution in [0.2, 0.25) is 0 Å². The zero-order valence-electron chi connectivity index (χ0n) is 53.3. The van der Waals surface area contributed by atoms with Crippen LogP contribution in [0.1, 0.15) is 166 Å². The summed E-state index contributed by atoms with van der Waals surface area (Å²) < 4.78 is 0. The number of allylic oxidation sites excluding steroid dienone is 4. The quantitative estimate of drug-likeness (QED) is 0.0274. The van der Waals surface area contributed by atoms with Crippen molar-refractivity contribution in [1.82, 2.24) is 41.2 Å². The number of carbonyl (C=O) groups excluding carboxylic acids is 6. The number of fused-ring (bicyclic) bond motifs is 8. The van der Waals surface area contributed by atoms with Crippen LogP contribution in [-0.4, -0.2) is 168 Å². The number of aromatic amines is 2. The van der Waals surface area contributed by atoms with Gasteiger partial charge in [-0.05, 0) is 159 Å². The van der Waals surface area contributed by atoms with Gasteiger partial charge in [0, 0.05) is 68.5 Å². The minimum absolute atomic E-state index is 0.0520. The number of rotatable bonds is 30. The molecule has 2 aromatic carbocycles. The van der Waals surface area contributed by atoms with Crippen molar-refractivity contribution in [2.45, 2.75) is 130 Å². The molecule has 3 aromatic heterocycles. The lowest BCUT2D eigenvalue weighted by molar-refractivity contribution is -0.145. The van der Waals surface area contributed by atoms with Crippen LogP contribution in [0.5, 0.6) is 0 Å². The molecule has 0 saturated heterocycles. The first-order chi connectivity index (χ1) is 46.1. The van der Waals surface area contributed by atoms with Crippen LogP contribution in [0, 0.1) is 13.8 Å². The molecule has 16 N–H and O–H groups in total. The predicted octanol–water partition coefficient (Wildman–Crippen LogP) is 5.39. The fourth-order valence-electron chi connectivity index (χ4n) is 11.1. The molecule has 5 heterocycles. The molecule has 0 spiro atoms. The molecule has 32 nitrogen and oxygen atoms in total. The van der Waals surface area contributed by atoms with Gasteiger partial charge in [0.15, 0.2) is 0 Å². The number of H-pyrrole nitrogens is 2. The van der Waals surface area contributed by atoms with Crippen molar-refractivity contribution in [3.05, 3.63) is 128 Å². The first-order valence-electron chi connectivity index (χ1n) is 30.2. The number of aliphatic carboxylic acids is 8. The molecule has 2 aliphatic heterocycles. The summed E-state index contributed by atoms with van der Waals surface area (Å²) in [6.45, 7) is 11.5. The number of carboxylic acid groups (broad SMARTS) is 8. The summed E-state index contributed by atoms with van der Waals surface area (Å²) in [7, 11) is 0. The van der Waals surface area contributed by atoms with Gasteiger partial charge >= 0.3 is 47.8 Å². The zero-order valence-corrected chi connectivity index (χ0v) is 53.3. The van der Waals surface area contributed by atoms with E-state index in [0.717, 1.165) is 69.7 Å². The van der Waals surface area contributed by atoms with Gasteiger partial charge in [0.05, 0.1) is 48.5 Å². The number of nitrogens with one attached hydrogen (secondary N) is 8. The van der Waals surface area contributed by atoms with Crippen LogP contribution in [0.15, 0.2) is 60.7 Å². The van der Waals surface area contributed by atoms with E-state index < -0.39 is 155 Å². The van der Waals surface area contributed by atoms with Gasteiger partial charge in [0.1, 0.15) is 24.2 Å². The smallest absolute Gasteiger partial charge is 0.326 e. The number of anilines is 2. The summed E-state index contributed by atoms with van der Waals surface area (Å²) in [5.74, 6) is -19.7. The Hall–Kier alpha value is -12.4. The molecule has 5 aromatic rings. The van der Waals surface area contributed by atoms with Crippen molar-refractivity contribution in [2.24, 2.45) is 0 Å². The second-order valence-corrected chi connectivity index (χ2v) is 22.9. The van der Waals surface area contributed by atoms with E-state index in [-0.39, 0.29) is 37.1 Å². The highest BCUT2D eigenvalue weighted by atomic mass is 16.4. The van der Waals surface area contributed by atoms with Crippen molar-refractivity contribution >= 4 is 139 Å². The molecule has 8 bridgehead atoms. The van der Waals surface area contributed by atoms with Gasteiger partial charge in [-0.2, -0.15) is 0 Å². The number of aromatic nitrogens is 4. The highest BCUT2D eigenvalue weighted by Gasteiger charge is 2.31. The monoisotopic (exact) mass is 1350 g/mol.